The summed E-state index contributed by atoms with van der Waals surface area (Å²) in [5.74, 6) is -2.06. The van der Waals surface area contributed by atoms with Gasteiger partial charge in [0.2, 0.25) is 0 Å². The number of methoxy groups -OCH3 is 1. The molecule has 0 amide bonds. The molecule has 10 heteroatoms. The standard InChI is InChI=1S/C10H12N2O6S2/c1-18-9(15)7-10(19-5-11-7)20(16,17)12-4-2-3-6(12)8(13)14/h5-6H,2-4H2,1H3,(H,13,14). The van der Waals surface area contributed by atoms with E-state index in [1.54, 1.807) is 0 Å². The average molecular weight is 320 g/mol. The van der Waals surface area contributed by atoms with Crippen LogP contribution in [0.25, 0.3) is 0 Å². The van der Waals surface area contributed by atoms with Crippen LogP contribution in [0.1, 0.15) is 23.3 Å². The number of sulfonamides is 1. The third-order valence-electron chi connectivity index (χ3n) is 2.95. The molecule has 0 saturated carbocycles. The maximum absolute atomic E-state index is 12.5. The van der Waals surface area contributed by atoms with Crippen LogP contribution in [-0.4, -0.2) is 54.4 Å². The van der Waals surface area contributed by atoms with Gasteiger partial charge in [0.25, 0.3) is 10.0 Å². The summed E-state index contributed by atoms with van der Waals surface area (Å²) >= 11 is 0.766. The van der Waals surface area contributed by atoms with Gasteiger partial charge in [-0.1, -0.05) is 0 Å². The van der Waals surface area contributed by atoms with Gasteiger partial charge in [0.15, 0.2) is 9.90 Å². The second-order valence-corrected chi connectivity index (χ2v) is 7.03. The topological polar surface area (TPSA) is 114 Å². The zero-order chi connectivity index (χ0) is 14.9. The van der Waals surface area contributed by atoms with Crippen molar-refractivity contribution in [3.63, 3.8) is 0 Å². The minimum atomic E-state index is -4.07. The highest BCUT2D eigenvalue weighted by molar-refractivity contribution is 7.91. The lowest BCUT2D eigenvalue weighted by atomic mass is 10.2. The Balaban J connectivity index is 2.43. The van der Waals surface area contributed by atoms with Crippen LogP contribution >= 0.6 is 11.3 Å². The summed E-state index contributed by atoms with van der Waals surface area (Å²) in [4.78, 5) is 26.3. The number of rotatable bonds is 4. The van der Waals surface area contributed by atoms with E-state index in [4.69, 9.17) is 5.11 Å². The predicted octanol–water partition coefficient (Wildman–Crippen LogP) is 0.167. The van der Waals surface area contributed by atoms with E-state index in [2.05, 4.69) is 9.72 Å². The van der Waals surface area contributed by atoms with E-state index >= 15 is 0 Å². The molecule has 0 aliphatic carbocycles. The molecule has 1 saturated heterocycles. The largest absolute Gasteiger partial charge is 0.480 e. The van der Waals surface area contributed by atoms with Crippen LogP contribution in [0.5, 0.6) is 0 Å². The number of carbonyl (C=O) groups is 2. The number of nitrogens with zero attached hydrogens (tertiary/aromatic N) is 2. The van der Waals surface area contributed by atoms with Crippen LogP contribution in [0.15, 0.2) is 9.72 Å². The predicted molar refractivity (Wildman–Crippen MR) is 68.0 cm³/mol. The lowest BCUT2D eigenvalue weighted by Gasteiger charge is -2.20. The lowest BCUT2D eigenvalue weighted by Crippen LogP contribution is -2.40. The Hall–Kier alpha value is -1.52. The van der Waals surface area contributed by atoms with Gasteiger partial charge < -0.3 is 9.84 Å². The monoisotopic (exact) mass is 320 g/mol. The molecule has 2 rings (SSSR count). The molecule has 1 atom stereocenters. The van der Waals surface area contributed by atoms with Crippen molar-refractivity contribution >= 4 is 33.3 Å². The van der Waals surface area contributed by atoms with Gasteiger partial charge in [-0.25, -0.2) is 18.2 Å². The maximum Gasteiger partial charge on any atom is 0.358 e. The van der Waals surface area contributed by atoms with Crippen LogP contribution in [0, 0.1) is 0 Å². The van der Waals surface area contributed by atoms with Crippen molar-refractivity contribution in [3.05, 3.63) is 11.2 Å². The minimum Gasteiger partial charge on any atom is -0.480 e. The van der Waals surface area contributed by atoms with Crippen LogP contribution < -0.4 is 0 Å². The van der Waals surface area contributed by atoms with Crippen molar-refractivity contribution in [3.8, 4) is 0 Å². The molecule has 1 aliphatic rings. The Morgan fingerprint density at radius 1 is 1.55 bits per heavy atom. The molecular weight excluding hydrogens is 308 g/mol. The molecule has 1 unspecified atom stereocenters. The van der Waals surface area contributed by atoms with Gasteiger partial charge in [-0.15, -0.1) is 11.3 Å². The molecule has 1 N–H and O–H groups in total. The Labute approximate surface area is 119 Å². The van der Waals surface area contributed by atoms with Crippen molar-refractivity contribution in [2.75, 3.05) is 13.7 Å². The molecule has 1 fully saturated rings. The molecule has 0 aromatic carbocycles. The number of hydrogen-bond acceptors (Lipinski definition) is 7. The van der Waals surface area contributed by atoms with Gasteiger partial charge in [-0.05, 0) is 12.8 Å². The maximum atomic E-state index is 12.5. The summed E-state index contributed by atoms with van der Waals surface area (Å²) in [6, 6.07) is -1.10. The van der Waals surface area contributed by atoms with Crippen molar-refractivity contribution in [1.29, 1.82) is 0 Å². The van der Waals surface area contributed by atoms with Crippen LogP contribution in [-0.2, 0) is 19.6 Å². The first-order valence-electron chi connectivity index (χ1n) is 5.66. The van der Waals surface area contributed by atoms with Crippen LogP contribution in [0.4, 0.5) is 0 Å². The van der Waals surface area contributed by atoms with E-state index in [9.17, 15) is 18.0 Å². The lowest BCUT2D eigenvalue weighted by molar-refractivity contribution is -0.140. The number of hydrogen-bond donors (Lipinski definition) is 1. The van der Waals surface area contributed by atoms with Gasteiger partial charge >= 0.3 is 11.9 Å². The summed E-state index contributed by atoms with van der Waals surface area (Å²) in [6.07, 6.45) is 0.712. The first-order chi connectivity index (χ1) is 9.39. The highest BCUT2D eigenvalue weighted by Crippen LogP contribution is 2.30. The number of carboxylic acids is 1. The normalized spacial score (nSPS) is 19.9. The van der Waals surface area contributed by atoms with E-state index in [0.717, 1.165) is 22.8 Å². The van der Waals surface area contributed by atoms with E-state index in [1.807, 2.05) is 0 Å². The Morgan fingerprint density at radius 3 is 2.85 bits per heavy atom. The van der Waals surface area contributed by atoms with Crippen molar-refractivity contribution in [1.82, 2.24) is 9.29 Å². The number of aliphatic carboxylic acids is 1. The summed E-state index contributed by atoms with van der Waals surface area (Å²) in [5, 5.41) is 9.06. The van der Waals surface area contributed by atoms with Crippen molar-refractivity contribution < 1.29 is 27.9 Å². The Morgan fingerprint density at radius 2 is 2.25 bits per heavy atom. The number of aromatic nitrogens is 1. The summed E-state index contributed by atoms with van der Waals surface area (Å²) in [5.41, 5.74) is 0.902. The number of carboxylic acid groups (broad SMARTS) is 1. The average Bonchev–Trinajstić information content (AvgIpc) is 3.06. The zero-order valence-corrected chi connectivity index (χ0v) is 12.1. The van der Waals surface area contributed by atoms with Crippen LogP contribution in [0.2, 0.25) is 0 Å². The fourth-order valence-corrected chi connectivity index (χ4v) is 4.93. The van der Waals surface area contributed by atoms with Gasteiger partial charge in [0.05, 0.1) is 12.6 Å². The first-order valence-corrected chi connectivity index (χ1v) is 7.98. The highest BCUT2D eigenvalue weighted by Gasteiger charge is 2.42. The van der Waals surface area contributed by atoms with Crippen molar-refractivity contribution in [2.45, 2.75) is 23.1 Å². The summed E-state index contributed by atoms with van der Waals surface area (Å²) < 4.78 is 30.0. The van der Waals surface area contributed by atoms with E-state index in [-0.39, 0.29) is 22.9 Å². The molecule has 1 aromatic rings. The first kappa shape index (κ1) is 14.9. The SMILES string of the molecule is COC(=O)c1ncsc1S(=O)(=O)N1CCCC1C(=O)O. The molecule has 1 aliphatic heterocycles. The van der Waals surface area contributed by atoms with E-state index in [0.29, 0.717) is 6.42 Å². The Kier molecular flexibility index (Phi) is 4.06. The van der Waals surface area contributed by atoms with Gasteiger partial charge in [-0.3, -0.25) is 4.79 Å². The third kappa shape index (κ3) is 2.41. The zero-order valence-electron chi connectivity index (χ0n) is 10.5. The molecule has 20 heavy (non-hydrogen) atoms. The summed E-state index contributed by atoms with van der Waals surface area (Å²) in [6.45, 7) is 0.109. The quantitative estimate of drug-likeness (QED) is 0.786. The van der Waals surface area contributed by atoms with Crippen molar-refractivity contribution in [2.24, 2.45) is 0 Å². The molecule has 8 nitrogen and oxygen atoms in total. The third-order valence-corrected chi connectivity index (χ3v) is 6.20. The smallest absolute Gasteiger partial charge is 0.358 e. The highest BCUT2D eigenvalue weighted by atomic mass is 32.2. The van der Waals surface area contributed by atoms with Crippen LogP contribution in [0.3, 0.4) is 0 Å². The van der Waals surface area contributed by atoms with E-state index < -0.39 is 28.0 Å². The molecular formula is C10H12N2O6S2. The second kappa shape index (κ2) is 5.46. The molecule has 110 valence electrons. The van der Waals surface area contributed by atoms with Gasteiger partial charge in [0, 0.05) is 6.54 Å². The molecule has 0 spiro atoms. The van der Waals surface area contributed by atoms with Gasteiger partial charge in [-0.2, -0.15) is 4.31 Å². The second-order valence-electron chi connectivity index (χ2n) is 4.09. The number of ether oxygens (including phenoxy) is 1. The minimum absolute atomic E-state index is 0.109. The Bertz CT molecular complexity index is 638. The fraction of sp³-hybridized carbons (Fsp3) is 0.500. The van der Waals surface area contributed by atoms with Gasteiger partial charge in [0.1, 0.15) is 6.04 Å². The molecule has 0 radical (unpaired) electrons. The number of thiazole rings is 1. The number of esters is 1. The molecule has 2 heterocycles. The fourth-order valence-electron chi connectivity index (χ4n) is 2.03. The molecule has 0 bridgehead atoms. The van der Waals surface area contributed by atoms with E-state index in [1.165, 1.54) is 5.51 Å². The molecule has 1 aromatic heterocycles. The number of carbonyl (C=O) groups excluding carboxylic acids is 1. The summed E-state index contributed by atoms with van der Waals surface area (Å²) in [7, 11) is -2.95.